The minimum atomic E-state index is 0.0649. The van der Waals surface area contributed by atoms with E-state index in [9.17, 15) is 0 Å². The van der Waals surface area contributed by atoms with Crippen LogP contribution in [0.5, 0.6) is 0 Å². The van der Waals surface area contributed by atoms with E-state index in [2.05, 4.69) is 70.6 Å². The predicted molar refractivity (Wildman–Crippen MR) is 117 cm³/mol. The number of benzene rings is 1. The quantitative estimate of drug-likeness (QED) is 0.797. The van der Waals surface area contributed by atoms with E-state index in [0.717, 1.165) is 51.4 Å². The molecule has 0 saturated heterocycles. The molecular weight excluding hydrogens is 381 g/mol. The SMILES string of the molecule is CC1=CC=CC(n2nc(NC3=CC=C(Cl)CC3)cc2-c2ccc3c(c2)=NCN=3)[B]1. The molecule has 7 heteroatoms. The minimum Gasteiger partial charge on any atom is -0.342 e. The van der Waals surface area contributed by atoms with E-state index in [4.69, 9.17) is 16.7 Å². The Hall–Kier alpha value is -2.86. The van der Waals surface area contributed by atoms with E-state index >= 15 is 0 Å². The zero-order valence-corrected chi connectivity index (χ0v) is 16.9. The molecule has 0 bridgehead atoms. The largest absolute Gasteiger partial charge is 0.342 e. The van der Waals surface area contributed by atoms with Gasteiger partial charge in [-0.3, -0.25) is 14.7 Å². The van der Waals surface area contributed by atoms with Gasteiger partial charge in [0.25, 0.3) is 0 Å². The van der Waals surface area contributed by atoms with Crippen molar-refractivity contribution in [3.05, 3.63) is 81.6 Å². The van der Waals surface area contributed by atoms with Crippen molar-refractivity contribution in [2.24, 2.45) is 9.98 Å². The van der Waals surface area contributed by atoms with Gasteiger partial charge < -0.3 is 5.32 Å². The molecule has 143 valence electrons. The summed E-state index contributed by atoms with van der Waals surface area (Å²) in [6.45, 7) is 2.62. The molecule has 1 N–H and O–H groups in total. The van der Waals surface area contributed by atoms with Gasteiger partial charge in [0, 0.05) is 28.3 Å². The lowest BCUT2D eigenvalue weighted by Gasteiger charge is -2.19. The first-order valence-electron chi connectivity index (χ1n) is 9.77. The maximum absolute atomic E-state index is 6.09. The number of halogens is 1. The molecule has 1 atom stereocenters. The summed E-state index contributed by atoms with van der Waals surface area (Å²) in [5, 5.41) is 11.2. The molecule has 0 fully saturated rings. The van der Waals surface area contributed by atoms with Gasteiger partial charge in [-0.25, -0.2) is 0 Å². The zero-order valence-electron chi connectivity index (χ0n) is 16.1. The Balaban J connectivity index is 1.55. The molecule has 0 saturated carbocycles. The van der Waals surface area contributed by atoms with Gasteiger partial charge in [0.1, 0.15) is 6.67 Å². The van der Waals surface area contributed by atoms with E-state index in [1.807, 2.05) is 18.2 Å². The van der Waals surface area contributed by atoms with E-state index in [1.165, 1.54) is 5.47 Å². The van der Waals surface area contributed by atoms with Gasteiger partial charge in [-0.05, 0) is 37.1 Å². The van der Waals surface area contributed by atoms with Gasteiger partial charge in [-0.15, -0.1) is 5.47 Å². The fourth-order valence-corrected chi connectivity index (χ4v) is 3.92. The van der Waals surface area contributed by atoms with Crippen molar-refractivity contribution in [3.8, 4) is 11.3 Å². The molecule has 5 nitrogen and oxygen atoms in total. The third kappa shape index (κ3) is 3.72. The number of aromatic nitrogens is 2. The fourth-order valence-electron chi connectivity index (χ4n) is 3.76. The highest BCUT2D eigenvalue weighted by atomic mass is 35.5. The third-order valence-corrected chi connectivity index (χ3v) is 5.57. The molecule has 1 aromatic heterocycles. The van der Waals surface area contributed by atoms with E-state index in [0.29, 0.717) is 6.67 Å². The lowest BCUT2D eigenvalue weighted by Crippen LogP contribution is -2.22. The first-order chi connectivity index (χ1) is 14.2. The van der Waals surface area contributed by atoms with E-state index in [-0.39, 0.29) is 5.94 Å². The third-order valence-electron chi connectivity index (χ3n) is 5.26. The molecule has 3 heterocycles. The summed E-state index contributed by atoms with van der Waals surface area (Å²) in [5.41, 5.74) is 4.47. The lowest BCUT2D eigenvalue weighted by molar-refractivity contribution is 0.679. The van der Waals surface area contributed by atoms with Crippen LogP contribution in [0.1, 0.15) is 25.7 Å². The molecule has 3 aliphatic rings. The topological polar surface area (TPSA) is 54.6 Å². The first-order valence-corrected chi connectivity index (χ1v) is 10.1. The number of allylic oxidation sites excluding steroid dienone is 8. The van der Waals surface area contributed by atoms with Crippen LogP contribution in [0.3, 0.4) is 0 Å². The van der Waals surface area contributed by atoms with Crippen molar-refractivity contribution in [1.29, 1.82) is 0 Å². The van der Waals surface area contributed by atoms with Crippen LogP contribution in [-0.4, -0.2) is 23.7 Å². The minimum absolute atomic E-state index is 0.0649. The highest BCUT2D eigenvalue weighted by molar-refractivity contribution is 6.47. The molecule has 0 spiro atoms. The summed E-state index contributed by atoms with van der Waals surface area (Å²) >= 11 is 6.09. The van der Waals surface area contributed by atoms with Crippen molar-refractivity contribution in [1.82, 2.24) is 9.78 Å². The average molecular weight is 401 g/mol. The lowest BCUT2D eigenvalue weighted by atomic mass is 9.61. The molecule has 5 rings (SSSR count). The fraction of sp³-hybridized carbons (Fsp3) is 0.227. The maximum Gasteiger partial charge on any atom is 0.183 e. The molecule has 2 aromatic rings. The van der Waals surface area contributed by atoms with Crippen molar-refractivity contribution in [2.45, 2.75) is 25.7 Å². The molecule has 1 radical (unpaired) electrons. The molecule has 0 amide bonds. The zero-order chi connectivity index (χ0) is 19.8. The molecule has 1 aromatic carbocycles. The van der Waals surface area contributed by atoms with Crippen molar-refractivity contribution < 1.29 is 0 Å². The van der Waals surface area contributed by atoms with Gasteiger partial charge in [0.2, 0.25) is 0 Å². The van der Waals surface area contributed by atoms with E-state index in [1.54, 1.807) is 0 Å². The first kappa shape index (κ1) is 18.2. The van der Waals surface area contributed by atoms with Crippen LogP contribution < -0.4 is 16.0 Å². The second-order valence-corrected chi connectivity index (χ2v) is 7.89. The summed E-state index contributed by atoms with van der Waals surface area (Å²) in [6, 6.07) is 8.33. The Bertz CT molecular complexity index is 1220. The van der Waals surface area contributed by atoms with Crippen LogP contribution in [0.4, 0.5) is 5.82 Å². The van der Waals surface area contributed by atoms with Crippen LogP contribution in [0.25, 0.3) is 11.3 Å². The standard InChI is InChI=1S/C22H20BClN5/c1-14-3-2-4-21(23-14)29-20(15-5-10-18-19(11-15)26-13-25-18)12-22(28-29)27-17-8-6-16(24)7-9-17/h2-6,8,10-12,21H,7,9,13H2,1H3,(H,27,28). The van der Waals surface area contributed by atoms with Crippen LogP contribution in [0.15, 0.2) is 80.8 Å². The number of rotatable bonds is 4. The molecule has 29 heavy (non-hydrogen) atoms. The second kappa shape index (κ2) is 7.52. The number of hydrogen-bond donors (Lipinski definition) is 1. The second-order valence-electron chi connectivity index (χ2n) is 7.40. The van der Waals surface area contributed by atoms with E-state index < -0.39 is 0 Å². The number of fused-ring (bicyclic) bond motifs is 1. The van der Waals surface area contributed by atoms with Crippen LogP contribution in [0.2, 0.25) is 0 Å². The van der Waals surface area contributed by atoms with Crippen molar-refractivity contribution >= 4 is 24.7 Å². The van der Waals surface area contributed by atoms with Crippen molar-refractivity contribution in [3.63, 3.8) is 0 Å². The number of nitrogens with zero attached hydrogens (tertiary/aromatic N) is 4. The van der Waals surface area contributed by atoms with Crippen molar-refractivity contribution in [2.75, 3.05) is 12.0 Å². The van der Waals surface area contributed by atoms with Crippen LogP contribution in [-0.2, 0) is 0 Å². The number of hydrogen-bond acceptors (Lipinski definition) is 4. The van der Waals surface area contributed by atoms with Gasteiger partial charge in [-0.2, -0.15) is 5.10 Å². The Morgan fingerprint density at radius 1 is 1.10 bits per heavy atom. The predicted octanol–water partition coefficient (Wildman–Crippen LogP) is 3.65. The smallest absolute Gasteiger partial charge is 0.183 e. The number of anilines is 1. The Morgan fingerprint density at radius 2 is 2.00 bits per heavy atom. The Morgan fingerprint density at radius 3 is 2.83 bits per heavy atom. The summed E-state index contributed by atoms with van der Waals surface area (Å²) in [4.78, 5) is 8.87. The average Bonchev–Trinajstić information content (AvgIpc) is 3.36. The molecular formula is C22H20BClN5. The summed E-state index contributed by atoms with van der Waals surface area (Å²) in [5.74, 6) is 0.893. The summed E-state index contributed by atoms with van der Waals surface area (Å²) in [7, 11) is 2.22. The highest BCUT2D eigenvalue weighted by Gasteiger charge is 2.20. The molecule has 1 unspecified atom stereocenters. The van der Waals surface area contributed by atoms with Crippen LogP contribution in [0, 0.1) is 0 Å². The monoisotopic (exact) mass is 400 g/mol. The van der Waals surface area contributed by atoms with Gasteiger partial charge >= 0.3 is 0 Å². The Kier molecular flexibility index (Phi) is 4.72. The molecule has 2 aliphatic heterocycles. The normalized spacial score (nSPS) is 19.9. The highest BCUT2D eigenvalue weighted by Crippen LogP contribution is 2.29. The summed E-state index contributed by atoms with van der Waals surface area (Å²) in [6.07, 6.45) is 12.1. The summed E-state index contributed by atoms with van der Waals surface area (Å²) < 4.78 is 2.06. The van der Waals surface area contributed by atoms with Crippen LogP contribution >= 0.6 is 11.6 Å². The molecule has 1 aliphatic carbocycles. The number of nitrogens with one attached hydrogen (secondary N) is 1. The maximum atomic E-state index is 6.09. The Labute approximate surface area is 175 Å². The van der Waals surface area contributed by atoms with Gasteiger partial charge in [0.05, 0.1) is 16.4 Å². The van der Waals surface area contributed by atoms with Gasteiger partial charge in [-0.1, -0.05) is 42.8 Å². The van der Waals surface area contributed by atoms with Gasteiger partial charge in [0.15, 0.2) is 13.1 Å².